The first-order chi connectivity index (χ1) is 8.18. The highest BCUT2D eigenvalue weighted by atomic mass is 16.4. The Hall–Kier alpha value is -0.610. The first-order valence-electron chi connectivity index (χ1n) is 6.89. The SMILES string of the molecule is CCCNC1(CC(=O)O)CCN2CCCCC21. The van der Waals surface area contributed by atoms with Crippen LogP contribution in [0.4, 0.5) is 0 Å². The lowest BCUT2D eigenvalue weighted by Gasteiger charge is -2.40. The van der Waals surface area contributed by atoms with Crippen molar-refractivity contribution in [2.24, 2.45) is 0 Å². The zero-order valence-electron chi connectivity index (χ0n) is 10.7. The van der Waals surface area contributed by atoms with Gasteiger partial charge in [0.15, 0.2) is 0 Å². The standard InChI is InChI=1S/C13H24N2O2/c1-2-7-14-13(10-12(16)17)6-9-15-8-4-3-5-11(13)15/h11,14H,2-10H2,1H3,(H,16,17). The van der Waals surface area contributed by atoms with Gasteiger partial charge in [0.25, 0.3) is 0 Å². The largest absolute Gasteiger partial charge is 0.481 e. The van der Waals surface area contributed by atoms with Crippen LogP contribution in [0.2, 0.25) is 0 Å². The predicted molar refractivity (Wildman–Crippen MR) is 67.1 cm³/mol. The normalized spacial score (nSPS) is 33.6. The van der Waals surface area contributed by atoms with Crippen molar-refractivity contribution in [3.63, 3.8) is 0 Å². The number of hydrogen-bond acceptors (Lipinski definition) is 3. The fourth-order valence-electron chi connectivity index (χ4n) is 3.51. The fourth-order valence-corrected chi connectivity index (χ4v) is 3.51. The van der Waals surface area contributed by atoms with Crippen LogP contribution in [0.25, 0.3) is 0 Å². The van der Waals surface area contributed by atoms with Crippen LogP contribution in [-0.2, 0) is 4.79 Å². The van der Waals surface area contributed by atoms with Gasteiger partial charge < -0.3 is 10.4 Å². The van der Waals surface area contributed by atoms with E-state index >= 15 is 0 Å². The average Bonchev–Trinajstić information content (AvgIpc) is 2.66. The van der Waals surface area contributed by atoms with Crippen molar-refractivity contribution in [1.29, 1.82) is 0 Å². The van der Waals surface area contributed by atoms with E-state index in [-0.39, 0.29) is 12.0 Å². The molecule has 0 aromatic heterocycles. The van der Waals surface area contributed by atoms with E-state index in [0.717, 1.165) is 38.9 Å². The van der Waals surface area contributed by atoms with Gasteiger partial charge >= 0.3 is 5.97 Å². The average molecular weight is 240 g/mol. The number of nitrogens with zero attached hydrogens (tertiary/aromatic N) is 1. The summed E-state index contributed by atoms with van der Waals surface area (Å²) in [7, 11) is 0. The summed E-state index contributed by atoms with van der Waals surface area (Å²) < 4.78 is 0. The van der Waals surface area contributed by atoms with Crippen LogP contribution in [0, 0.1) is 0 Å². The van der Waals surface area contributed by atoms with Crippen LogP contribution >= 0.6 is 0 Å². The molecule has 0 aromatic carbocycles. The van der Waals surface area contributed by atoms with E-state index in [2.05, 4.69) is 17.1 Å². The number of aliphatic carboxylic acids is 1. The van der Waals surface area contributed by atoms with Crippen molar-refractivity contribution in [3.8, 4) is 0 Å². The van der Waals surface area contributed by atoms with E-state index in [1.807, 2.05) is 0 Å². The number of carbonyl (C=O) groups is 1. The van der Waals surface area contributed by atoms with Crippen molar-refractivity contribution < 1.29 is 9.90 Å². The van der Waals surface area contributed by atoms with Crippen molar-refractivity contribution in [2.75, 3.05) is 19.6 Å². The number of carboxylic acids is 1. The molecule has 2 fully saturated rings. The fraction of sp³-hybridized carbons (Fsp3) is 0.923. The summed E-state index contributed by atoms with van der Waals surface area (Å²) in [6.07, 6.45) is 6.00. The molecule has 2 unspecified atom stereocenters. The number of carboxylic acid groups (broad SMARTS) is 1. The van der Waals surface area contributed by atoms with Gasteiger partial charge in [-0.15, -0.1) is 0 Å². The van der Waals surface area contributed by atoms with Crippen LogP contribution in [0.15, 0.2) is 0 Å². The number of rotatable bonds is 5. The molecule has 2 aliphatic rings. The molecule has 2 atom stereocenters. The van der Waals surface area contributed by atoms with Crippen LogP contribution in [0.5, 0.6) is 0 Å². The Kier molecular flexibility index (Phi) is 4.05. The highest BCUT2D eigenvalue weighted by Gasteiger charge is 2.48. The highest BCUT2D eigenvalue weighted by Crippen LogP contribution is 2.37. The molecule has 0 spiro atoms. The lowest BCUT2D eigenvalue weighted by atomic mass is 9.82. The molecule has 0 aliphatic carbocycles. The van der Waals surface area contributed by atoms with Crippen molar-refractivity contribution in [3.05, 3.63) is 0 Å². The summed E-state index contributed by atoms with van der Waals surface area (Å²) in [5, 5.41) is 12.7. The summed E-state index contributed by atoms with van der Waals surface area (Å²) in [5.74, 6) is -0.666. The molecule has 2 saturated heterocycles. The molecule has 2 aliphatic heterocycles. The Morgan fingerprint density at radius 1 is 1.47 bits per heavy atom. The van der Waals surface area contributed by atoms with E-state index in [1.165, 1.54) is 12.8 Å². The second-order valence-electron chi connectivity index (χ2n) is 5.45. The Morgan fingerprint density at radius 2 is 2.29 bits per heavy atom. The van der Waals surface area contributed by atoms with Crippen LogP contribution in [-0.4, -0.2) is 47.2 Å². The second kappa shape index (κ2) is 5.36. The van der Waals surface area contributed by atoms with Gasteiger partial charge in [-0.05, 0) is 38.8 Å². The van der Waals surface area contributed by atoms with E-state index < -0.39 is 5.97 Å². The third kappa shape index (κ3) is 2.63. The third-order valence-corrected chi connectivity index (χ3v) is 4.29. The molecule has 0 radical (unpaired) electrons. The molecule has 2 heterocycles. The zero-order valence-corrected chi connectivity index (χ0v) is 10.7. The molecule has 98 valence electrons. The summed E-state index contributed by atoms with van der Waals surface area (Å²) in [6, 6.07) is 0.443. The third-order valence-electron chi connectivity index (χ3n) is 4.29. The lowest BCUT2D eigenvalue weighted by molar-refractivity contribution is -0.139. The molecular weight excluding hydrogens is 216 g/mol. The Labute approximate surface area is 103 Å². The molecule has 4 nitrogen and oxygen atoms in total. The number of hydrogen-bond donors (Lipinski definition) is 2. The monoisotopic (exact) mass is 240 g/mol. The van der Waals surface area contributed by atoms with Gasteiger partial charge in [0.05, 0.1) is 6.42 Å². The molecule has 0 saturated carbocycles. The topological polar surface area (TPSA) is 52.6 Å². The first kappa shape index (κ1) is 12.8. The number of piperidine rings is 1. The smallest absolute Gasteiger partial charge is 0.305 e. The molecular formula is C13H24N2O2. The molecule has 0 bridgehead atoms. The van der Waals surface area contributed by atoms with Crippen LogP contribution in [0.1, 0.15) is 45.4 Å². The number of fused-ring (bicyclic) bond motifs is 1. The van der Waals surface area contributed by atoms with Gasteiger partial charge in [-0.3, -0.25) is 9.69 Å². The minimum atomic E-state index is -0.666. The minimum Gasteiger partial charge on any atom is -0.481 e. The highest BCUT2D eigenvalue weighted by molar-refractivity contribution is 5.68. The van der Waals surface area contributed by atoms with E-state index in [0.29, 0.717) is 6.04 Å². The van der Waals surface area contributed by atoms with Gasteiger partial charge in [-0.25, -0.2) is 0 Å². The lowest BCUT2D eigenvalue weighted by Crippen LogP contribution is -2.57. The summed E-state index contributed by atoms with van der Waals surface area (Å²) in [4.78, 5) is 13.6. The molecule has 0 aromatic rings. The maximum Gasteiger partial charge on any atom is 0.305 e. The molecule has 2 N–H and O–H groups in total. The summed E-state index contributed by atoms with van der Waals surface area (Å²) >= 11 is 0. The zero-order chi connectivity index (χ0) is 12.3. The number of nitrogens with one attached hydrogen (secondary N) is 1. The molecule has 4 heteroatoms. The quantitative estimate of drug-likeness (QED) is 0.764. The Balaban J connectivity index is 2.11. The molecule has 17 heavy (non-hydrogen) atoms. The van der Waals surface area contributed by atoms with E-state index in [4.69, 9.17) is 0 Å². The van der Waals surface area contributed by atoms with Gasteiger partial charge in [-0.1, -0.05) is 13.3 Å². The van der Waals surface area contributed by atoms with Crippen LogP contribution in [0.3, 0.4) is 0 Å². The van der Waals surface area contributed by atoms with Crippen molar-refractivity contribution in [2.45, 2.75) is 57.0 Å². The maximum atomic E-state index is 11.1. The minimum absolute atomic E-state index is 0.164. The Morgan fingerprint density at radius 3 is 3.00 bits per heavy atom. The van der Waals surface area contributed by atoms with E-state index in [1.54, 1.807) is 0 Å². The van der Waals surface area contributed by atoms with Crippen molar-refractivity contribution in [1.82, 2.24) is 10.2 Å². The van der Waals surface area contributed by atoms with Gasteiger partial charge in [0.2, 0.25) is 0 Å². The Bertz CT molecular complexity index is 283. The van der Waals surface area contributed by atoms with Crippen molar-refractivity contribution >= 4 is 5.97 Å². The van der Waals surface area contributed by atoms with Crippen LogP contribution < -0.4 is 5.32 Å². The van der Waals surface area contributed by atoms with E-state index in [9.17, 15) is 9.90 Å². The second-order valence-corrected chi connectivity index (χ2v) is 5.45. The summed E-state index contributed by atoms with van der Waals surface area (Å²) in [6.45, 7) is 5.28. The maximum absolute atomic E-state index is 11.1. The van der Waals surface area contributed by atoms with Gasteiger partial charge in [-0.2, -0.15) is 0 Å². The molecule has 0 amide bonds. The first-order valence-corrected chi connectivity index (χ1v) is 6.89. The van der Waals surface area contributed by atoms with Gasteiger partial charge in [0, 0.05) is 18.1 Å². The van der Waals surface area contributed by atoms with Gasteiger partial charge in [0.1, 0.15) is 0 Å². The summed E-state index contributed by atoms with van der Waals surface area (Å²) in [5.41, 5.74) is -0.164. The molecule has 2 rings (SSSR count). The predicted octanol–water partition coefficient (Wildman–Crippen LogP) is 1.46.